The zero-order valence-electron chi connectivity index (χ0n) is 26.3. The third-order valence-corrected chi connectivity index (χ3v) is 8.46. The minimum atomic E-state index is -4.80. The molecule has 1 unspecified atom stereocenters. The van der Waals surface area contributed by atoms with Crippen molar-refractivity contribution in [2.75, 3.05) is 25.5 Å². The van der Waals surface area contributed by atoms with Crippen LogP contribution in [0.4, 0.5) is 29.3 Å². The fraction of sp³-hybridized carbons (Fsp3) is 0.606. The molecule has 2 aliphatic rings. The summed E-state index contributed by atoms with van der Waals surface area (Å²) in [6, 6.07) is 3.03. The first kappa shape index (κ1) is 35.0. The van der Waals surface area contributed by atoms with Crippen LogP contribution in [0, 0.1) is 16.0 Å². The van der Waals surface area contributed by atoms with Crippen LogP contribution in [0.1, 0.15) is 90.5 Å². The summed E-state index contributed by atoms with van der Waals surface area (Å²) >= 11 is 0. The van der Waals surface area contributed by atoms with E-state index in [9.17, 15) is 28.1 Å². The molecule has 11 heteroatoms. The molecule has 1 fully saturated rings. The van der Waals surface area contributed by atoms with Gasteiger partial charge in [-0.05, 0) is 94.4 Å². The fourth-order valence-electron chi connectivity index (χ4n) is 5.77. The number of anilines is 1. The lowest BCUT2D eigenvalue weighted by Crippen LogP contribution is -2.33. The van der Waals surface area contributed by atoms with Crippen molar-refractivity contribution in [1.29, 1.82) is 0 Å². The predicted octanol–water partition coefficient (Wildman–Crippen LogP) is 9.19. The van der Waals surface area contributed by atoms with Crippen LogP contribution >= 0.6 is 0 Å². The number of amides is 1. The maximum absolute atomic E-state index is 13.3. The van der Waals surface area contributed by atoms with E-state index in [2.05, 4.69) is 38.2 Å². The van der Waals surface area contributed by atoms with E-state index in [1.54, 1.807) is 4.90 Å². The molecular weight excluding hydrogens is 575 g/mol. The molecule has 0 spiro atoms. The van der Waals surface area contributed by atoms with Crippen LogP contribution in [-0.2, 0) is 15.7 Å². The standard InChI is InChI=1S/C33H46F3N3O5/c1-5-20-38(32(40)43-4)21-19-23(2)9-11-25-7-6-8-28(15-10-24(25)3)44-29-16-12-26(13-17-29)37-27-14-18-31(39(41)42)30(22-27)33(34,35)36/h6-8,14,18,22-23,26,29,37H,5,9-13,15-17,19-21H2,1-4H3/b7-6-,25-24-,28-8-/t23?,26-,29-. The molecule has 1 N–H and O–H groups in total. The molecule has 0 aromatic heterocycles. The smallest absolute Gasteiger partial charge is 0.423 e. The number of nitrogens with one attached hydrogen (secondary N) is 1. The lowest BCUT2D eigenvalue weighted by atomic mass is 9.92. The van der Waals surface area contributed by atoms with E-state index in [0.717, 1.165) is 82.1 Å². The van der Waals surface area contributed by atoms with Crippen molar-refractivity contribution in [2.45, 2.75) is 103 Å². The third-order valence-electron chi connectivity index (χ3n) is 8.46. The quantitative estimate of drug-likeness (QED) is 0.174. The summed E-state index contributed by atoms with van der Waals surface area (Å²) in [5, 5.41) is 14.2. The highest BCUT2D eigenvalue weighted by atomic mass is 19.4. The summed E-state index contributed by atoms with van der Waals surface area (Å²) in [4.78, 5) is 23.7. The molecule has 2 aliphatic carbocycles. The van der Waals surface area contributed by atoms with Gasteiger partial charge in [0.1, 0.15) is 5.56 Å². The van der Waals surface area contributed by atoms with Crippen molar-refractivity contribution in [3.63, 3.8) is 0 Å². The molecule has 0 aliphatic heterocycles. The van der Waals surface area contributed by atoms with Gasteiger partial charge < -0.3 is 19.7 Å². The average molecular weight is 622 g/mol. The molecule has 1 amide bonds. The van der Waals surface area contributed by atoms with Gasteiger partial charge in [-0.2, -0.15) is 13.2 Å². The number of carbonyl (C=O) groups is 1. The van der Waals surface area contributed by atoms with Gasteiger partial charge in [-0.1, -0.05) is 31.6 Å². The van der Waals surface area contributed by atoms with Gasteiger partial charge >= 0.3 is 12.3 Å². The van der Waals surface area contributed by atoms with E-state index in [0.29, 0.717) is 19.0 Å². The number of allylic oxidation sites excluding steroid dienone is 6. The average Bonchev–Trinajstić information content (AvgIpc) is 2.98. The Bertz CT molecular complexity index is 1220. The Morgan fingerprint density at radius 1 is 1.16 bits per heavy atom. The van der Waals surface area contributed by atoms with Crippen LogP contribution in [0.3, 0.4) is 0 Å². The molecule has 3 rings (SSSR count). The predicted molar refractivity (Wildman–Crippen MR) is 165 cm³/mol. The van der Waals surface area contributed by atoms with E-state index in [-0.39, 0.29) is 23.9 Å². The Balaban J connectivity index is 1.46. The summed E-state index contributed by atoms with van der Waals surface area (Å²) in [6.07, 6.45) is 9.78. The Kier molecular flexibility index (Phi) is 13.1. The Morgan fingerprint density at radius 2 is 1.89 bits per heavy atom. The van der Waals surface area contributed by atoms with Crippen molar-refractivity contribution in [3.05, 3.63) is 69.0 Å². The highest BCUT2D eigenvalue weighted by molar-refractivity contribution is 5.67. The van der Waals surface area contributed by atoms with Crippen LogP contribution in [0.5, 0.6) is 0 Å². The van der Waals surface area contributed by atoms with Crippen LogP contribution in [-0.4, -0.2) is 48.3 Å². The maximum Gasteiger partial charge on any atom is 0.423 e. The largest absolute Gasteiger partial charge is 0.495 e. The van der Waals surface area contributed by atoms with Crippen molar-refractivity contribution in [1.82, 2.24) is 4.90 Å². The van der Waals surface area contributed by atoms with E-state index < -0.39 is 22.4 Å². The third kappa shape index (κ3) is 10.6. The lowest BCUT2D eigenvalue weighted by molar-refractivity contribution is -0.388. The van der Waals surface area contributed by atoms with Gasteiger partial charge in [0.2, 0.25) is 0 Å². The highest BCUT2D eigenvalue weighted by Crippen LogP contribution is 2.38. The van der Waals surface area contributed by atoms with Gasteiger partial charge in [0, 0.05) is 37.3 Å². The summed E-state index contributed by atoms with van der Waals surface area (Å²) in [5.41, 5.74) is 0.730. The number of nitrogens with zero attached hydrogens (tertiary/aromatic N) is 2. The van der Waals surface area contributed by atoms with Crippen molar-refractivity contribution in [2.24, 2.45) is 5.92 Å². The molecule has 8 nitrogen and oxygen atoms in total. The number of halogens is 3. The number of carbonyl (C=O) groups excluding carboxylic acids is 1. The Hall–Kier alpha value is -3.50. The molecule has 1 atom stereocenters. The van der Waals surface area contributed by atoms with Gasteiger partial charge in [-0.3, -0.25) is 10.1 Å². The number of hydrogen-bond donors (Lipinski definition) is 1. The summed E-state index contributed by atoms with van der Waals surface area (Å²) in [6.45, 7) is 7.86. The minimum absolute atomic E-state index is 0.0334. The van der Waals surface area contributed by atoms with Crippen molar-refractivity contribution in [3.8, 4) is 0 Å². The van der Waals surface area contributed by atoms with E-state index in [4.69, 9.17) is 9.47 Å². The second-order valence-electron chi connectivity index (χ2n) is 11.9. The number of hydrogen-bond acceptors (Lipinski definition) is 6. The van der Waals surface area contributed by atoms with Gasteiger partial charge in [0.05, 0.1) is 23.9 Å². The number of ether oxygens (including phenoxy) is 2. The molecule has 0 saturated heterocycles. The number of benzene rings is 1. The molecule has 1 aromatic rings. The molecule has 0 bridgehead atoms. The number of alkyl halides is 3. The molecule has 1 saturated carbocycles. The van der Waals surface area contributed by atoms with Gasteiger partial charge in [-0.25, -0.2) is 4.79 Å². The van der Waals surface area contributed by atoms with E-state index in [1.807, 2.05) is 6.08 Å². The topological polar surface area (TPSA) is 93.9 Å². The Morgan fingerprint density at radius 3 is 2.52 bits per heavy atom. The van der Waals surface area contributed by atoms with Gasteiger partial charge in [0.15, 0.2) is 0 Å². The second kappa shape index (κ2) is 16.5. The normalized spacial score (nSPS) is 23.4. The van der Waals surface area contributed by atoms with Crippen molar-refractivity contribution < 1.29 is 32.4 Å². The molecular formula is C33H46F3N3O5. The molecule has 244 valence electrons. The van der Waals surface area contributed by atoms with Crippen LogP contribution in [0.15, 0.2) is 53.3 Å². The van der Waals surface area contributed by atoms with Gasteiger partial charge in [-0.15, -0.1) is 0 Å². The second-order valence-corrected chi connectivity index (χ2v) is 11.9. The van der Waals surface area contributed by atoms with Crippen LogP contribution < -0.4 is 5.32 Å². The van der Waals surface area contributed by atoms with Crippen LogP contribution in [0.25, 0.3) is 0 Å². The highest BCUT2D eigenvalue weighted by Gasteiger charge is 2.38. The maximum atomic E-state index is 13.3. The molecule has 0 radical (unpaired) electrons. The first-order valence-electron chi connectivity index (χ1n) is 15.6. The minimum Gasteiger partial charge on any atom is -0.495 e. The zero-order chi connectivity index (χ0) is 32.3. The number of rotatable bonds is 13. The van der Waals surface area contributed by atoms with E-state index >= 15 is 0 Å². The van der Waals surface area contributed by atoms with Crippen molar-refractivity contribution >= 4 is 17.5 Å². The SMILES string of the molecule is CCCN(CCC(C)CCC1=C(/C)CC/C(O[C@H]2CC[C@H](Nc3ccc([N+](=O)[O-])c(C(F)(F)F)c3)CC2)=C/C=C\1)C(=O)OC. The number of nitro groups is 1. The monoisotopic (exact) mass is 621 g/mol. The van der Waals surface area contributed by atoms with Crippen LogP contribution in [0.2, 0.25) is 0 Å². The molecule has 0 heterocycles. The number of methoxy groups -OCH3 is 1. The zero-order valence-corrected chi connectivity index (χ0v) is 26.3. The van der Waals surface area contributed by atoms with Gasteiger partial charge in [0.25, 0.3) is 5.69 Å². The number of nitro benzene ring substituents is 1. The molecule has 1 aromatic carbocycles. The lowest BCUT2D eigenvalue weighted by Gasteiger charge is -2.31. The molecule has 44 heavy (non-hydrogen) atoms. The first-order chi connectivity index (χ1) is 20.9. The van der Waals surface area contributed by atoms with E-state index in [1.165, 1.54) is 24.3 Å². The summed E-state index contributed by atoms with van der Waals surface area (Å²) in [7, 11) is 1.42. The first-order valence-corrected chi connectivity index (χ1v) is 15.6. The summed E-state index contributed by atoms with van der Waals surface area (Å²) < 4.78 is 51.3. The Labute approximate surface area is 258 Å². The summed E-state index contributed by atoms with van der Waals surface area (Å²) in [5.74, 6) is 1.41. The fourth-order valence-corrected chi connectivity index (χ4v) is 5.77.